The van der Waals surface area contributed by atoms with Gasteiger partial charge >= 0.3 is 0 Å². The van der Waals surface area contributed by atoms with Crippen molar-refractivity contribution in [3.63, 3.8) is 0 Å². The van der Waals surface area contributed by atoms with Crippen LogP contribution in [0.25, 0.3) is 0 Å². The zero-order chi connectivity index (χ0) is 11.3. The summed E-state index contributed by atoms with van der Waals surface area (Å²) in [5, 5.41) is 6.13. The molecule has 4 nitrogen and oxygen atoms in total. The molecular weight excluding hydrogens is 190 g/mol. The Hall–Kier alpha value is -0.610. The van der Waals surface area contributed by atoms with Crippen molar-refractivity contribution in [2.75, 3.05) is 40.3 Å². The zero-order valence-electron chi connectivity index (χ0n) is 10.0. The van der Waals surface area contributed by atoms with E-state index in [2.05, 4.69) is 29.5 Å². The molecule has 1 fully saturated rings. The molecule has 1 rings (SSSR count). The van der Waals surface area contributed by atoms with Crippen molar-refractivity contribution in [2.45, 2.75) is 13.3 Å². The Labute approximate surface area is 92.4 Å². The number of hydrogen-bond donors (Lipinski definition) is 2. The molecule has 1 aliphatic rings. The fourth-order valence-electron chi connectivity index (χ4n) is 1.99. The van der Waals surface area contributed by atoms with Crippen LogP contribution in [0.15, 0.2) is 0 Å². The Kier molecular flexibility index (Phi) is 5.05. The molecule has 0 aromatic rings. The molecule has 2 atom stereocenters. The highest BCUT2D eigenvalue weighted by molar-refractivity contribution is 5.79. The Morgan fingerprint density at radius 1 is 1.53 bits per heavy atom. The largest absolute Gasteiger partial charge is 0.356 e. The van der Waals surface area contributed by atoms with E-state index in [-0.39, 0.29) is 11.8 Å². The lowest BCUT2D eigenvalue weighted by atomic mass is 10.1. The van der Waals surface area contributed by atoms with Gasteiger partial charge in [0, 0.05) is 13.1 Å². The third-order valence-electron chi connectivity index (χ3n) is 2.94. The lowest BCUT2D eigenvalue weighted by Gasteiger charge is -2.15. The first-order valence-corrected chi connectivity index (χ1v) is 5.74. The molecule has 0 aliphatic carbocycles. The van der Waals surface area contributed by atoms with Crippen LogP contribution < -0.4 is 10.6 Å². The molecule has 2 N–H and O–H groups in total. The molecule has 0 radical (unpaired) electrons. The topological polar surface area (TPSA) is 44.4 Å². The van der Waals surface area contributed by atoms with E-state index < -0.39 is 0 Å². The molecule has 15 heavy (non-hydrogen) atoms. The van der Waals surface area contributed by atoms with Gasteiger partial charge in [-0.2, -0.15) is 0 Å². The average Bonchev–Trinajstić information content (AvgIpc) is 2.62. The SMILES string of the molecule is CNCC(C)CNC(=O)C1CCN(C)C1. The van der Waals surface area contributed by atoms with Crippen LogP contribution in [0.2, 0.25) is 0 Å². The van der Waals surface area contributed by atoms with E-state index in [9.17, 15) is 4.79 Å². The summed E-state index contributed by atoms with van der Waals surface area (Å²) in [6.45, 7) is 5.82. The van der Waals surface area contributed by atoms with Crippen molar-refractivity contribution in [1.82, 2.24) is 15.5 Å². The summed E-state index contributed by atoms with van der Waals surface area (Å²) in [5.41, 5.74) is 0. The van der Waals surface area contributed by atoms with Gasteiger partial charge in [-0.15, -0.1) is 0 Å². The normalized spacial score (nSPS) is 24.1. The number of nitrogens with one attached hydrogen (secondary N) is 2. The first-order valence-electron chi connectivity index (χ1n) is 5.74. The number of rotatable bonds is 5. The van der Waals surface area contributed by atoms with Gasteiger partial charge in [0.1, 0.15) is 0 Å². The Bertz CT molecular complexity index is 208. The van der Waals surface area contributed by atoms with Gasteiger partial charge in [-0.1, -0.05) is 6.92 Å². The van der Waals surface area contributed by atoms with Crippen molar-refractivity contribution in [3.8, 4) is 0 Å². The molecule has 4 heteroatoms. The predicted molar refractivity (Wildman–Crippen MR) is 61.7 cm³/mol. The molecule has 0 spiro atoms. The third kappa shape index (κ3) is 4.18. The summed E-state index contributed by atoms with van der Waals surface area (Å²) < 4.78 is 0. The summed E-state index contributed by atoms with van der Waals surface area (Å²) >= 11 is 0. The predicted octanol–water partition coefficient (Wildman–Crippen LogP) is -0.0902. The highest BCUT2D eigenvalue weighted by Crippen LogP contribution is 2.13. The second-order valence-corrected chi connectivity index (χ2v) is 4.66. The van der Waals surface area contributed by atoms with Crippen LogP contribution in [0.4, 0.5) is 0 Å². The summed E-state index contributed by atoms with van der Waals surface area (Å²) in [5.74, 6) is 0.928. The minimum atomic E-state index is 0.205. The number of hydrogen-bond acceptors (Lipinski definition) is 3. The molecule has 0 bridgehead atoms. The van der Waals surface area contributed by atoms with Crippen LogP contribution >= 0.6 is 0 Å². The summed E-state index contributed by atoms with van der Waals surface area (Å²) in [4.78, 5) is 14.0. The van der Waals surface area contributed by atoms with Gasteiger partial charge in [0.25, 0.3) is 0 Å². The molecule has 1 heterocycles. The van der Waals surface area contributed by atoms with Crippen LogP contribution in [0.5, 0.6) is 0 Å². The standard InChI is InChI=1S/C11H23N3O/c1-9(6-12-2)7-13-11(15)10-4-5-14(3)8-10/h9-10,12H,4-8H2,1-3H3,(H,13,15). The summed E-state index contributed by atoms with van der Waals surface area (Å²) in [7, 11) is 4.00. The van der Waals surface area contributed by atoms with E-state index in [0.29, 0.717) is 5.92 Å². The maximum atomic E-state index is 11.7. The van der Waals surface area contributed by atoms with Gasteiger partial charge in [-0.05, 0) is 39.5 Å². The molecular formula is C11H23N3O. The smallest absolute Gasteiger partial charge is 0.224 e. The van der Waals surface area contributed by atoms with Gasteiger partial charge in [0.15, 0.2) is 0 Å². The Balaban J connectivity index is 2.18. The molecule has 0 saturated carbocycles. The fraction of sp³-hybridized carbons (Fsp3) is 0.909. The molecule has 2 unspecified atom stereocenters. The highest BCUT2D eigenvalue weighted by atomic mass is 16.1. The van der Waals surface area contributed by atoms with Crippen molar-refractivity contribution < 1.29 is 4.79 Å². The number of amides is 1. The van der Waals surface area contributed by atoms with Gasteiger partial charge in [-0.3, -0.25) is 4.79 Å². The van der Waals surface area contributed by atoms with Crippen LogP contribution in [-0.2, 0) is 4.79 Å². The monoisotopic (exact) mass is 213 g/mol. The maximum absolute atomic E-state index is 11.7. The minimum absolute atomic E-state index is 0.205. The molecule has 1 amide bonds. The highest BCUT2D eigenvalue weighted by Gasteiger charge is 2.25. The average molecular weight is 213 g/mol. The van der Waals surface area contributed by atoms with Gasteiger partial charge in [0.05, 0.1) is 5.92 Å². The van der Waals surface area contributed by atoms with Crippen molar-refractivity contribution in [3.05, 3.63) is 0 Å². The summed E-state index contributed by atoms with van der Waals surface area (Å²) in [6, 6.07) is 0. The van der Waals surface area contributed by atoms with E-state index in [0.717, 1.165) is 32.6 Å². The van der Waals surface area contributed by atoms with E-state index in [4.69, 9.17) is 0 Å². The van der Waals surface area contributed by atoms with E-state index in [1.54, 1.807) is 0 Å². The first kappa shape index (κ1) is 12.5. The van der Waals surface area contributed by atoms with E-state index in [1.807, 2.05) is 7.05 Å². The van der Waals surface area contributed by atoms with Gasteiger partial charge < -0.3 is 15.5 Å². The molecule has 0 aromatic carbocycles. The van der Waals surface area contributed by atoms with Crippen LogP contribution in [0.1, 0.15) is 13.3 Å². The Morgan fingerprint density at radius 2 is 2.27 bits per heavy atom. The van der Waals surface area contributed by atoms with Gasteiger partial charge in [0.2, 0.25) is 5.91 Å². The first-order chi connectivity index (χ1) is 7.13. The summed E-state index contributed by atoms with van der Waals surface area (Å²) in [6.07, 6.45) is 1.00. The number of likely N-dealkylation sites (tertiary alicyclic amines) is 1. The van der Waals surface area contributed by atoms with Crippen LogP contribution in [-0.4, -0.2) is 51.1 Å². The zero-order valence-corrected chi connectivity index (χ0v) is 10.0. The van der Waals surface area contributed by atoms with Crippen molar-refractivity contribution >= 4 is 5.91 Å². The number of carbonyl (C=O) groups is 1. The fourth-order valence-corrected chi connectivity index (χ4v) is 1.99. The van der Waals surface area contributed by atoms with Crippen LogP contribution in [0.3, 0.4) is 0 Å². The maximum Gasteiger partial charge on any atom is 0.224 e. The lowest BCUT2D eigenvalue weighted by molar-refractivity contribution is -0.124. The second kappa shape index (κ2) is 6.08. The van der Waals surface area contributed by atoms with Crippen molar-refractivity contribution in [2.24, 2.45) is 11.8 Å². The van der Waals surface area contributed by atoms with E-state index >= 15 is 0 Å². The number of nitrogens with zero attached hydrogens (tertiary/aromatic N) is 1. The minimum Gasteiger partial charge on any atom is -0.356 e. The van der Waals surface area contributed by atoms with Crippen LogP contribution in [0, 0.1) is 11.8 Å². The second-order valence-electron chi connectivity index (χ2n) is 4.66. The van der Waals surface area contributed by atoms with Crippen molar-refractivity contribution in [1.29, 1.82) is 0 Å². The van der Waals surface area contributed by atoms with Gasteiger partial charge in [-0.25, -0.2) is 0 Å². The number of carbonyl (C=O) groups excluding carboxylic acids is 1. The Morgan fingerprint density at radius 3 is 2.80 bits per heavy atom. The molecule has 0 aromatic heterocycles. The lowest BCUT2D eigenvalue weighted by Crippen LogP contribution is -2.36. The molecule has 88 valence electrons. The molecule has 1 aliphatic heterocycles. The molecule has 1 saturated heterocycles. The van der Waals surface area contributed by atoms with E-state index in [1.165, 1.54) is 0 Å². The quantitative estimate of drug-likeness (QED) is 0.671. The third-order valence-corrected chi connectivity index (χ3v) is 2.94.